The number of aryl methyl sites for hydroxylation is 1. The van der Waals surface area contributed by atoms with Crippen LogP contribution >= 0.6 is 0 Å². The second-order valence-corrected chi connectivity index (χ2v) is 4.47. The van der Waals surface area contributed by atoms with Crippen LogP contribution in [0.2, 0.25) is 0 Å². The Morgan fingerprint density at radius 3 is 2.14 bits per heavy atom. The molecule has 2 rings (SSSR count). The Balaban J connectivity index is 0. The highest BCUT2D eigenvalue weighted by atomic mass is 15.2. The van der Waals surface area contributed by atoms with E-state index in [1.807, 2.05) is 47.6 Å². The maximum Gasteiger partial charge on any atom is 0.0622 e. The number of anilines is 2. The van der Waals surface area contributed by atoms with Crippen molar-refractivity contribution in [3.63, 3.8) is 0 Å². The monoisotopic (exact) mass is 295 g/mol. The lowest BCUT2D eigenvalue weighted by atomic mass is 10.0. The Morgan fingerprint density at radius 1 is 1.10 bits per heavy atom. The molecule has 1 atom stereocenters. The molecule has 3 heteroatoms. The highest BCUT2D eigenvalue weighted by Gasteiger charge is 2.19. The molecule has 124 valence electrons. The number of nitrogen functional groups attached to an aromatic ring is 1. The van der Waals surface area contributed by atoms with Gasteiger partial charge in [-0.3, -0.25) is 4.90 Å². The van der Waals surface area contributed by atoms with E-state index >= 15 is 0 Å². The molecular formula is C18H37N3. The highest BCUT2D eigenvalue weighted by molar-refractivity contribution is 5.72. The molecule has 0 aromatic heterocycles. The fraction of sp³-hybridized carbons (Fsp3) is 0.667. The van der Waals surface area contributed by atoms with Crippen LogP contribution in [0.15, 0.2) is 12.1 Å². The van der Waals surface area contributed by atoms with E-state index in [0.29, 0.717) is 6.04 Å². The van der Waals surface area contributed by atoms with Crippen LogP contribution in [0.3, 0.4) is 0 Å². The Kier molecular flexibility index (Phi) is 13.2. The van der Waals surface area contributed by atoms with Gasteiger partial charge in [0, 0.05) is 19.1 Å². The number of nitrogens with two attached hydrogens (primary N) is 1. The lowest BCUT2D eigenvalue weighted by Gasteiger charge is -2.21. The summed E-state index contributed by atoms with van der Waals surface area (Å²) in [5.74, 6) is 0. The molecule has 1 heterocycles. The number of hydrogen-bond acceptors (Lipinski definition) is 3. The number of nitrogens with one attached hydrogen (secondary N) is 1. The molecule has 1 aliphatic heterocycles. The third kappa shape index (κ3) is 6.38. The second-order valence-electron chi connectivity index (χ2n) is 4.47. The smallest absolute Gasteiger partial charge is 0.0622 e. The first kappa shape index (κ1) is 22.1. The molecule has 0 radical (unpaired) electrons. The predicted molar refractivity (Wildman–Crippen MR) is 99.1 cm³/mol. The second kappa shape index (κ2) is 12.5. The number of fused-ring (bicyclic) bond motifs is 1. The SMILES string of the molecule is CC.CC.CC.Cc1ccc(N)c2c1CN(C)C(C)CN2. The van der Waals surface area contributed by atoms with Gasteiger partial charge in [0.2, 0.25) is 0 Å². The van der Waals surface area contributed by atoms with E-state index in [-0.39, 0.29) is 0 Å². The summed E-state index contributed by atoms with van der Waals surface area (Å²) in [4.78, 5) is 2.35. The minimum Gasteiger partial charge on any atom is -0.397 e. The van der Waals surface area contributed by atoms with Gasteiger partial charge in [0.25, 0.3) is 0 Å². The predicted octanol–water partition coefficient (Wildman–Crippen LogP) is 4.90. The number of likely N-dealkylation sites (N-methyl/N-ethyl adjacent to an activating group) is 1. The Bertz CT molecular complexity index is 375. The quantitative estimate of drug-likeness (QED) is 0.669. The molecule has 3 nitrogen and oxygen atoms in total. The van der Waals surface area contributed by atoms with E-state index in [0.717, 1.165) is 24.5 Å². The van der Waals surface area contributed by atoms with E-state index in [9.17, 15) is 0 Å². The molecule has 0 saturated heterocycles. The number of rotatable bonds is 0. The molecule has 1 aromatic carbocycles. The fourth-order valence-corrected chi connectivity index (χ4v) is 1.99. The van der Waals surface area contributed by atoms with E-state index < -0.39 is 0 Å². The van der Waals surface area contributed by atoms with Gasteiger partial charge in [-0.2, -0.15) is 0 Å². The normalized spacial score (nSPS) is 16.3. The van der Waals surface area contributed by atoms with Gasteiger partial charge in [-0.1, -0.05) is 47.6 Å². The first-order valence-corrected chi connectivity index (χ1v) is 8.41. The largest absolute Gasteiger partial charge is 0.397 e. The van der Waals surface area contributed by atoms with Gasteiger partial charge in [-0.15, -0.1) is 0 Å². The average molecular weight is 296 g/mol. The maximum absolute atomic E-state index is 5.99. The fourth-order valence-electron chi connectivity index (χ4n) is 1.99. The summed E-state index contributed by atoms with van der Waals surface area (Å²) in [6, 6.07) is 4.62. The van der Waals surface area contributed by atoms with E-state index in [1.165, 1.54) is 11.1 Å². The molecule has 1 aliphatic rings. The lowest BCUT2D eigenvalue weighted by Crippen LogP contribution is -2.31. The number of nitrogens with zero attached hydrogens (tertiary/aromatic N) is 1. The molecule has 0 fully saturated rings. The van der Waals surface area contributed by atoms with Crippen molar-refractivity contribution in [3.05, 3.63) is 23.3 Å². The molecular weight excluding hydrogens is 258 g/mol. The third-order valence-electron chi connectivity index (χ3n) is 3.31. The molecule has 0 bridgehead atoms. The van der Waals surface area contributed by atoms with Gasteiger partial charge in [0.1, 0.15) is 0 Å². The molecule has 3 N–H and O–H groups in total. The van der Waals surface area contributed by atoms with Gasteiger partial charge in [0.15, 0.2) is 0 Å². The summed E-state index contributed by atoms with van der Waals surface area (Å²) in [5, 5.41) is 3.45. The van der Waals surface area contributed by atoms with Gasteiger partial charge >= 0.3 is 0 Å². The lowest BCUT2D eigenvalue weighted by molar-refractivity contribution is 0.264. The van der Waals surface area contributed by atoms with Crippen LogP contribution in [-0.2, 0) is 6.54 Å². The molecule has 1 unspecified atom stereocenters. The number of benzene rings is 1. The minimum atomic E-state index is 0.538. The first-order valence-electron chi connectivity index (χ1n) is 8.41. The van der Waals surface area contributed by atoms with Crippen LogP contribution < -0.4 is 11.1 Å². The molecule has 1 aromatic rings. The summed E-state index contributed by atoms with van der Waals surface area (Å²) >= 11 is 0. The van der Waals surface area contributed by atoms with Crippen molar-refractivity contribution in [3.8, 4) is 0 Å². The summed E-state index contributed by atoms with van der Waals surface area (Å²) in [7, 11) is 2.16. The topological polar surface area (TPSA) is 41.3 Å². The summed E-state index contributed by atoms with van der Waals surface area (Å²) < 4.78 is 0. The Hall–Kier alpha value is -1.22. The molecule has 21 heavy (non-hydrogen) atoms. The van der Waals surface area contributed by atoms with E-state index in [1.54, 1.807) is 0 Å². The molecule has 0 aliphatic carbocycles. The zero-order valence-corrected chi connectivity index (χ0v) is 15.7. The van der Waals surface area contributed by atoms with E-state index in [2.05, 4.69) is 37.2 Å². The van der Waals surface area contributed by atoms with Crippen molar-refractivity contribution in [2.45, 2.75) is 68.0 Å². The summed E-state index contributed by atoms with van der Waals surface area (Å²) in [6.07, 6.45) is 0. The van der Waals surface area contributed by atoms with Crippen LogP contribution in [-0.4, -0.2) is 24.5 Å². The van der Waals surface area contributed by atoms with Crippen LogP contribution in [0.25, 0.3) is 0 Å². The summed E-state index contributed by atoms with van der Waals surface area (Å²) in [6.45, 7) is 18.3. The average Bonchev–Trinajstić information content (AvgIpc) is 2.70. The Morgan fingerprint density at radius 2 is 1.62 bits per heavy atom. The van der Waals surface area contributed by atoms with Crippen molar-refractivity contribution < 1.29 is 0 Å². The molecule has 0 saturated carbocycles. The van der Waals surface area contributed by atoms with Crippen molar-refractivity contribution in [2.75, 3.05) is 24.6 Å². The van der Waals surface area contributed by atoms with Gasteiger partial charge in [-0.25, -0.2) is 0 Å². The summed E-state index contributed by atoms with van der Waals surface area (Å²) in [5.41, 5.74) is 10.6. The standard InChI is InChI=1S/C12H19N3.3C2H6/c1-8-4-5-11(13)12-10(8)7-15(3)9(2)6-14-12;3*1-2/h4-5,9,14H,6-7,13H2,1-3H3;3*1-2H3. The van der Waals surface area contributed by atoms with Gasteiger partial charge in [0.05, 0.1) is 11.4 Å². The van der Waals surface area contributed by atoms with Crippen molar-refractivity contribution in [1.82, 2.24) is 4.90 Å². The van der Waals surface area contributed by atoms with Crippen LogP contribution in [0.1, 0.15) is 59.6 Å². The zero-order chi connectivity index (χ0) is 17.0. The molecule has 0 spiro atoms. The number of hydrogen-bond donors (Lipinski definition) is 2. The van der Waals surface area contributed by atoms with Gasteiger partial charge < -0.3 is 11.1 Å². The zero-order valence-electron chi connectivity index (χ0n) is 15.7. The van der Waals surface area contributed by atoms with Gasteiger partial charge in [-0.05, 0) is 38.1 Å². The van der Waals surface area contributed by atoms with Crippen LogP contribution in [0, 0.1) is 6.92 Å². The minimum absolute atomic E-state index is 0.538. The van der Waals surface area contributed by atoms with Crippen molar-refractivity contribution >= 4 is 11.4 Å². The van der Waals surface area contributed by atoms with Crippen molar-refractivity contribution in [1.29, 1.82) is 0 Å². The maximum atomic E-state index is 5.99. The molecule has 0 amide bonds. The van der Waals surface area contributed by atoms with Crippen molar-refractivity contribution in [2.24, 2.45) is 0 Å². The van der Waals surface area contributed by atoms with Crippen LogP contribution in [0.5, 0.6) is 0 Å². The highest BCUT2D eigenvalue weighted by Crippen LogP contribution is 2.30. The Labute approximate surface area is 132 Å². The third-order valence-corrected chi connectivity index (χ3v) is 3.31. The van der Waals surface area contributed by atoms with E-state index in [4.69, 9.17) is 5.73 Å². The first-order chi connectivity index (χ1) is 10.1. The van der Waals surface area contributed by atoms with Crippen LogP contribution in [0.4, 0.5) is 11.4 Å².